The van der Waals surface area contributed by atoms with Crippen LogP contribution in [-0.2, 0) is 4.79 Å². The molecule has 0 spiro atoms. The van der Waals surface area contributed by atoms with Crippen molar-refractivity contribution < 1.29 is 19.1 Å². The number of rotatable bonds is 6. The van der Waals surface area contributed by atoms with Gasteiger partial charge in [-0.1, -0.05) is 12.1 Å². The second-order valence-electron chi connectivity index (χ2n) is 5.25. The molecule has 0 atom stereocenters. The minimum absolute atomic E-state index is 0.0686. The summed E-state index contributed by atoms with van der Waals surface area (Å²) in [5, 5.41) is 14.7. The van der Waals surface area contributed by atoms with Crippen LogP contribution >= 0.6 is 0 Å². The maximum absolute atomic E-state index is 12.9. The number of carbonyl (C=O) groups is 2. The van der Waals surface area contributed by atoms with E-state index in [0.717, 1.165) is 5.56 Å². The maximum atomic E-state index is 12.9. The molecule has 0 radical (unpaired) electrons. The number of carbonyl (C=O) groups excluding carboxylic acids is 2. The topological polar surface area (TPSA) is 91.3 Å². The van der Waals surface area contributed by atoms with Crippen LogP contribution in [0.5, 0.6) is 5.75 Å². The molecule has 6 nitrogen and oxygen atoms in total. The zero-order valence-electron chi connectivity index (χ0n) is 13.6. The number of hydrogen-bond donors (Lipinski definition) is 3. The Labute approximate surface area is 144 Å². The van der Waals surface area contributed by atoms with E-state index in [0.29, 0.717) is 5.57 Å². The Morgan fingerprint density at radius 2 is 1.84 bits per heavy atom. The van der Waals surface area contributed by atoms with Crippen molar-refractivity contribution in [2.75, 3.05) is 13.1 Å². The summed E-state index contributed by atoms with van der Waals surface area (Å²) in [6, 6.07) is 8.72. The number of amides is 2. The Hall–Kier alpha value is -3.22. The molecule has 25 heavy (non-hydrogen) atoms. The average molecular weight is 343 g/mol. The first-order chi connectivity index (χ1) is 12.0. The molecule has 0 saturated heterocycles. The van der Waals surface area contributed by atoms with Gasteiger partial charge in [0.25, 0.3) is 5.91 Å². The van der Waals surface area contributed by atoms with E-state index in [-0.39, 0.29) is 36.3 Å². The van der Waals surface area contributed by atoms with Gasteiger partial charge in [0.05, 0.1) is 0 Å². The van der Waals surface area contributed by atoms with Crippen LogP contribution in [0.25, 0.3) is 5.57 Å². The fraction of sp³-hybridized carbons (Fsp3) is 0.167. The van der Waals surface area contributed by atoms with E-state index < -0.39 is 5.91 Å². The van der Waals surface area contributed by atoms with E-state index in [1.165, 1.54) is 36.5 Å². The first-order valence-corrected chi connectivity index (χ1v) is 7.61. The van der Waals surface area contributed by atoms with E-state index in [1.54, 1.807) is 19.1 Å². The minimum Gasteiger partial charge on any atom is -0.505 e. The lowest BCUT2D eigenvalue weighted by Gasteiger charge is -2.07. The van der Waals surface area contributed by atoms with E-state index >= 15 is 0 Å². The molecule has 2 amide bonds. The molecule has 0 unspecified atom stereocenters. The highest BCUT2D eigenvalue weighted by molar-refractivity contribution is 5.95. The highest BCUT2D eigenvalue weighted by Crippen LogP contribution is 2.14. The van der Waals surface area contributed by atoms with Crippen molar-refractivity contribution >= 4 is 17.4 Å². The van der Waals surface area contributed by atoms with E-state index in [9.17, 15) is 19.1 Å². The fourth-order valence-electron chi connectivity index (χ4n) is 2.06. The number of nitrogens with zero attached hydrogens (tertiary/aromatic N) is 1. The highest BCUT2D eigenvalue weighted by atomic mass is 19.1. The SMILES string of the molecule is C/C(=C/C(=O)NCCNC(=O)c1ncccc1O)c1ccc(F)cc1. The molecule has 1 heterocycles. The molecule has 0 aliphatic rings. The molecule has 0 aliphatic heterocycles. The number of aromatic nitrogens is 1. The Morgan fingerprint density at radius 1 is 1.16 bits per heavy atom. The second kappa shape index (κ2) is 8.58. The summed E-state index contributed by atoms with van der Waals surface area (Å²) in [5.74, 6) is -1.39. The minimum atomic E-state index is -0.523. The first-order valence-electron chi connectivity index (χ1n) is 7.61. The van der Waals surface area contributed by atoms with Gasteiger partial charge in [-0.05, 0) is 42.3 Å². The zero-order chi connectivity index (χ0) is 18.2. The molecular weight excluding hydrogens is 325 g/mol. The van der Waals surface area contributed by atoms with Crippen molar-refractivity contribution in [3.8, 4) is 5.75 Å². The van der Waals surface area contributed by atoms with Crippen molar-refractivity contribution in [1.29, 1.82) is 0 Å². The predicted molar refractivity (Wildman–Crippen MR) is 91.3 cm³/mol. The Bertz CT molecular complexity index is 788. The highest BCUT2D eigenvalue weighted by Gasteiger charge is 2.11. The molecule has 2 aromatic rings. The summed E-state index contributed by atoms with van der Waals surface area (Å²) in [7, 11) is 0. The van der Waals surface area contributed by atoms with Crippen molar-refractivity contribution in [3.05, 3.63) is 65.7 Å². The fourth-order valence-corrected chi connectivity index (χ4v) is 2.06. The third-order valence-electron chi connectivity index (χ3n) is 3.36. The van der Waals surface area contributed by atoms with Crippen LogP contribution in [0.1, 0.15) is 23.0 Å². The smallest absolute Gasteiger partial charge is 0.273 e. The quantitative estimate of drug-likeness (QED) is 0.552. The van der Waals surface area contributed by atoms with Crippen molar-refractivity contribution in [2.24, 2.45) is 0 Å². The summed E-state index contributed by atoms with van der Waals surface area (Å²) in [5.41, 5.74) is 1.37. The largest absolute Gasteiger partial charge is 0.505 e. The van der Waals surface area contributed by atoms with Crippen molar-refractivity contribution in [3.63, 3.8) is 0 Å². The van der Waals surface area contributed by atoms with Gasteiger partial charge in [-0.15, -0.1) is 0 Å². The molecule has 1 aromatic carbocycles. The van der Waals surface area contributed by atoms with Gasteiger partial charge in [-0.3, -0.25) is 9.59 Å². The van der Waals surface area contributed by atoms with E-state index in [4.69, 9.17) is 0 Å². The van der Waals surface area contributed by atoms with E-state index in [1.807, 2.05) is 0 Å². The number of halogens is 1. The van der Waals surface area contributed by atoms with Gasteiger partial charge in [-0.2, -0.15) is 0 Å². The third-order valence-corrected chi connectivity index (χ3v) is 3.36. The van der Waals surface area contributed by atoms with Crippen molar-refractivity contribution in [2.45, 2.75) is 6.92 Å². The summed E-state index contributed by atoms with van der Waals surface area (Å²) in [6.07, 6.45) is 2.80. The number of benzene rings is 1. The van der Waals surface area contributed by atoms with Crippen LogP contribution in [0.2, 0.25) is 0 Å². The number of allylic oxidation sites excluding steroid dienone is 1. The van der Waals surface area contributed by atoms with Crippen LogP contribution in [0, 0.1) is 5.82 Å². The molecular formula is C18H18FN3O3. The van der Waals surface area contributed by atoms with Gasteiger partial charge in [0.15, 0.2) is 5.69 Å². The van der Waals surface area contributed by atoms with Gasteiger partial charge in [0.2, 0.25) is 5.91 Å². The summed E-state index contributed by atoms with van der Waals surface area (Å²) in [6.45, 7) is 2.15. The molecule has 0 saturated carbocycles. The summed E-state index contributed by atoms with van der Waals surface area (Å²) < 4.78 is 12.9. The monoisotopic (exact) mass is 343 g/mol. The molecule has 3 N–H and O–H groups in total. The molecule has 130 valence electrons. The number of pyridine rings is 1. The average Bonchev–Trinajstić information content (AvgIpc) is 2.59. The summed E-state index contributed by atoms with van der Waals surface area (Å²) >= 11 is 0. The molecule has 0 fully saturated rings. The number of hydrogen-bond acceptors (Lipinski definition) is 4. The molecule has 2 rings (SSSR count). The Morgan fingerprint density at radius 3 is 2.52 bits per heavy atom. The van der Waals surface area contributed by atoms with Gasteiger partial charge in [-0.25, -0.2) is 9.37 Å². The zero-order valence-corrected chi connectivity index (χ0v) is 13.6. The second-order valence-corrected chi connectivity index (χ2v) is 5.25. The van der Waals surface area contributed by atoms with Crippen LogP contribution in [-0.4, -0.2) is 35.0 Å². The van der Waals surface area contributed by atoms with Crippen LogP contribution in [0.15, 0.2) is 48.7 Å². The van der Waals surface area contributed by atoms with Crippen LogP contribution in [0.4, 0.5) is 4.39 Å². The van der Waals surface area contributed by atoms with Gasteiger partial charge >= 0.3 is 0 Å². The number of nitrogens with one attached hydrogen (secondary N) is 2. The normalized spacial score (nSPS) is 11.0. The van der Waals surface area contributed by atoms with Crippen LogP contribution < -0.4 is 10.6 Å². The maximum Gasteiger partial charge on any atom is 0.273 e. The Balaban J connectivity index is 1.78. The van der Waals surface area contributed by atoms with Crippen LogP contribution in [0.3, 0.4) is 0 Å². The standard InChI is InChI=1S/C18H18FN3O3/c1-12(13-4-6-14(19)7-5-13)11-16(24)20-9-10-22-18(25)17-15(23)3-2-8-21-17/h2-8,11,23H,9-10H2,1H3,(H,20,24)(H,22,25)/b12-11-. The first kappa shape index (κ1) is 18.1. The molecule has 0 bridgehead atoms. The lowest BCUT2D eigenvalue weighted by atomic mass is 10.1. The van der Waals surface area contributed by atoms with Gasteiger partial charge < -0.3 is 15.7 Å². The van der Waals surface area contributed by atoms with Crippen molar-refractivity contribution in [1.82, 2.24) is 15.6 Å². The molecule has 1 aromatic heterocycles. The lowest BCUT2D eigenvalue weighted by Crippen LogP contribution is -2.34. The van der Waals surface area contributed by atoms with E-state index in [2.05, 4.69) is 15.6 Å². The third kappa shape index (κ3) is 5.42. The van der Waals surface area contributed by atoms with Gasteiger partial charge in [0, 0.05) is 25.4 Å². The Kier molecular flexibility index (Phi) is 6.22. The predicted octanol–water partition coefficient (Wildman–Crippen LogP) is 1.88. The summed E-state index contributed by atoms with van der Waals surface area (Å²) in [4.78, 5) is 27.4. The molecule has 7 heteroatoms. The number of aromatic hydroxyl groups is 1. The lowest BCUT2D eigenvalue weighted by molar-refractivity contribution is -0.116. The van der Waals surface area contributed by atoms with Gasteiger partial charge in [0.1, 0.15) is 11.6 Å². The molecule has 0 aliphatic carbocycles.